The predicted octanol–water partition coefficient (Wildman–Crippen LogP) is 2.16. The number of aryl methyl sites for hydroxylation is 2. The summed E-state index contributed by atoms with van der Waals surface area (Å²) in [6.07, 6.45) is 0.786. The fourth-order valence-corrected chi connectivity index (χ4v) is 1.73. The second-order valence-electron chi connectivity index (χ2n) is 3.89. The number of carbonyl (C=O) groups excluding carboxylic acids is 1. The average Bonchev–Trinajstić information content (AvgIpc) is 2.85. The molecule has 0 aliphatic rings. The monoisotopic (exact) mass is 279 g/mol. The van der Waals surface area contributed by atoms with Gasteiger partial charge in [0.25, 0.3) is 5.91 Å². The third-order valence-corrected chi connectivity index (χ3v) is 2.80. The lowest BCUT2D eigenvalue weighted by molar-refractivity contribution is 0.101. The van der Waals surface area contributed by atoms with E-state index >= 15 is 0 Å². The first kappa shape index (κ1) is 13.5. The Hall–Kier alpha value is -1.95. The minimum Gasteiger partial charge on any atom is -0.304 e. The van der Waals surface area contributed by atoms with Crippen molar-refractivity contribution in [3.63, 3.8) is 0 Å². The largest absolute Gasteiger partial charge is 0.304 e. The third kappa shape index (κ3) is 3.08. The lowest BCUT2D eigenvalue weighted by Crippen LogP contribution is -2.18. The van der Waals surface area contributed by atoms with Gasteiger partial charge in [-0.1, -0.05) is 18.5 Å². The van der Waals surface area contributed by atoms with Crippen LogP contribution in [-0.2, 0) is 13.0 Å². The summed E-state index contributed by atoms with van der Waals surface area (Å²) < 4.78 is 1.66. The Labute approximate surface area is 115 Å². The lowest BCUT2D eigenvalue weighted by atomic mass is 10.3. The second kappa shape index (κ2) is 5.79. The molecule has 0 aliphatic heterocycles. The summed E-state index contributed by atoms with van der Waals surface area (Å²) in [5.74, 6) is 0.0990. The van der Waals surface area contributed by atoms with Crippen LogP contribution in [0.25, 0.3) is 0 Å². The van der Waals surface area contributed by atoms with E-state index in [0.717, 1.165) is 12.1 Å². The van der Waals surface area contributed by atoms with Crippen molar-refractivity contribution in [2.24, 2.45) is 0 Å². The van der Waals surface area contributed by atoms with E-state index in [1.807, 2.05) is 13.8 Å². The summed E-state index contributed by atoms with van der Waals surface area (Å²) in [4.78, 5) is 12.1. The Balaban J connectivity index is 2.19. The number of anilines is 1. The fraction of sp³-hybridized carbons (Fsp3) is 0.333. The van der Waals surface area contributed by atoms with Crippen LogP contribution in [0.15, 0.2) is 18.2 Å². The van der Waals surface area contributed by atoms with Crippen LogP contribution in [0.1, 0.15) is 30.0 Å². The zero-order valence-electron chi connectivity index (χ0n) is 10.7. The number of rotatable bonds is 4. The standard InChI is InChI=1S/C12H14ClN5O/c1-3-8-7-9(18(4-2)17-8)12(19)14-11-6-5-10(13)15-16-11/h5-7H,3-4H2,1-2H3,(H,14,16,19). The minimum atomic E-state index is -0.259. The number of hydrogen-bond donors (Lipinski definition) is 1. The highest BCUT2D eigenvalue weighted by Gasteiger charge is 2.14. The molecule has 19 heavy (non-hydrogen) atoms. The maximum absolute atomic E-state index is 12.1. The molecule has 0 unspecified atom stereocenters. The molecular formula is C12H14ClN5O. The molecular weight excluding hydrogens is 266 g/mol. The van der Waals surface area contributed by atoms with Crippen LogP contribution in [-0.4, -0.2) is 25.9 Å². The van der Waals surface area contributed by atoms with Crippen molar-refractivity contribution in [3.05, 3.63) is 34.7 Å². The van der Waals surface area contributed by atoms with Crippen LogP contribution in [0.3, 0.4) is 0 Å². The summed E-state index contributed by atoms with van der Waals surface area (Å²) in [6.45, 7) is 4.56. The van der Waals surface area contributed by atoms with Crippen molar-refractivity contribution in [2.75, 3.05) is 5.32 Å². The normalized spacial score (nSPS) is 10.5. The molecule has 2 aromatic heterocycles. The maximum Gasteiger partial charge on any atom is 0.275 e. The molecule has 0 bridgehead atoms. The van der Waals surface area contributed by atoms with Gasteiger partial charge in [-0.15, -0.1) is 10.2 Å². The van der Waals surface area contributed by atoms with Crippen LogP contribution in [0, 0.1) is 0 Å². The van der Waals surface area contributed by atoms with Crippen molar-refractivity contribution in [1.82, 2.24) is 20.0 Å². The van der Waals surface area contributed by atoms with Gasteiger partial charge in [-0.05, 0) is 31.5 Å². The molecule has 7 heteroatoms. The van der Waals surface area contributed by atoms with E-state index in [-0.39, 0.29) is 11.1 Å². The van der Waals surface area contributed by atoms with E-state index in [1.165, 1.54) is 0 Å². The Morgan fingerprint density at radius 1 is 1.37 bits per heavy atom. The molecule has 2 aromatic rings. The molecule has 0 fully saturated rings. The van der Waals surface area contributed by atoms with Gasteiger partial charge in [-0.25, -0.2) is 0 Å². The first-order valence-electron chi connectivity index (χ1n) is 6.01. The number of aromatic nitrogens is 4. The van der Waals surface area contributed by atoms with Crippen molar-refractivity contribution in [3.8, 4) is 0 Å². The van der Waals surface area contributed by atoms with Gasteiger partial charge in [0.2, 0.25) is 0 Å². The van der Waals surface area contributed by atoms with Crippen molar-refractivity contribution >= 4 is 23.3 Å². The highest BCUT2D eigenvalue weighted by molar-refractivity contribution is 6.29. The van der Waals surface area contributed by atoms with Crippen LogP contribution in [0.4, 0.5) is 5.82 Å². The fourth-order valence-electron chi connectivity index (χ4n) is 1.63. The molecule has 0 saturated carbocycles. The Morgan fingerprint density at radius 2 is 2.16 bits per heavy atom. The van der Waals surface area contributed by atoms with E-state index < -0.39 is 0 Å². The SMILES string of the molecule is CCc1cc(C(=O)Nc2ccc(Cl)nn2)n(CC)n1. The van der Waals surface area contributed by atoms with Gasteiger partial charge in [0, 0.05) is 6.54 Å². The van der Waals surface area contributed by atoms with E-state index in [2.05, 4.69) is 20.6 Å². The van der Waals surface area contributed by atoms with Crippen molar-refractivity contribution in [2.45, 2.75) is 26.8 Å². The number of amides is 1. The van der Waals surface area contributed by atoms with Crippen LogP contribution in [0.2, 0.25) is 5.15 Å². The zero-order valence-corrected chi connectivity index (χ0v) is 11.5. The van der Waals surface area contributed by atoms with Crippen LogP contribution in [0.5, 0.6) is 0 Å². The number of nitrogens with one attached hydrogen (secondary N) is 1. The second-order valence-corrected chi connectivity index (χ2v) is 4.27. The van der Waals surface area contributed by atoms with E-state index in [4.69, 9.17) is 11.6 Å². The van der Waals surface area contributed by atoms with Crippen LogP contribution >= 0.6 is 11.6 Å². The number of nitrogens with zero attached hydrogens (tertiary/aromatic N) is 4. The molecule has 0 atom stereocenters. The first-order chi connectivity index (χ1) is 9.13. The summed E-state index contributed by atoms with van der Waals surface area (Å²) >= 11 is 5.63. The first-order valence-corrected chi connectivity index (χ1v) is 6.39. The molecule has 0 aromatic carbocycles. The maximum atomic E-state index is 12.1. The van der Waals surface area contributed by atoms with Gasteiger partial charge in [-0.3, -0.25) is 9.48 Å². The Bertz CT molecular complexity index is 578. The number of halogens is 1. The predicted molar refractivity (Wildman–Crippen MR) is 72.3 cm³/mol. The Morgan fingerprint density at radius 3 is 2.74 bits per heavy atom. The molecule has 0 aliphatic carbocycles. The molecule has 2 rings (SSSR count). The minimum absolute atomic E-state index is 0.259. The topological polar surface area (TPSA) is 72.7 Å². The quantitative estimate of drug-likeness (QED) is 0.931. The highest BCUT2D eigenvalue weighted by atomic mass is 35.5. The summed E-state index contributed by atoms with van der Waals surface area (Å²) in [5.41, 5.74) is 1.39. The van der Waals surface area contributed by atoms with E-state index in [0.29, 0.717) is 18.1 Å². The van der Waals surface area contributed by atoms with Crippen molar-refractivity contribution in [1.29, 1.82) is 0 Å². The number of carbonyl (C=O) groups is 1. The van der Waals surface area contributed by atoms with Gasteiger partial charge < -0.3 is 5.32 Å². The van der Waals surface area contributed by atoms with E-state index in [9.17, 15) is 4.79 Å². The van der Waals surface area contributed by atoms with Crippen LogP contribution < -0.4 is 5.32 Å². The average molecular weight is 280 g/mol. The summed E-state index contributed by atoms with van der Waals surface area (Å²) in [5, 5.41) is 14.7. The van der Waals surface area contributed by atoms with Gasteiger partial charge in [0.05, 0.1) is 5.69 Å². The Kier molecular flexibility index (Phi) is 4.11. The third-order valence-electron chi connectivity index (χ3n) is 2.60. The van der Waals surface area contributed by atoms with Gasteiger partial charge >= 0.3 is 0 Å². The molecule has 0 radical (unpaired) electrons. The molecule has 0 saturated heterocycles. The highest BCUT2D eigenvalue weighted by Crippen LogP contribution is 2.10. The lowest BCUT2D eigenvalue weighted by Gasteiger charge is -2.05. The molecule has 1 amide bonds. The van der Waals surface area contributed by atoms with Gasteiger partial charge in [0.15, 0.2) is 11.0 Å². The molecule has 100 valence electrons. The van der Waals surface area contributed by atoms with Crippen molar-refractivity contribution < 1.29 is 4.79 Å². The summed E-state index contributed by atoms with van der Waals surface area (Å²) in [7, 11) is 0. The number of hydrogen-bond acceptors (Lipinski definition) is 4. The van der Waals surface area contributed by atoms with E-state index in [1.54, 1.807) is 22.9 Å². The van der Waals surface area contributed by atoms with Gasteiger partial charge in [-0.2, -0.15) is 5.10 Å². The molecule has 6 nitrogen and oxygen atoms in total. The van der Waals surface area contributed by atoms with Gasteiger partial charge in [0.1, 0.15) is 5.69 Å². The smallest absolute Gasteiger partial charge is 0.275 e. The molecule has 1 N–H and O–H groups in total. The summed E-state index contributed by atoms with van der Waals surface area (Å²) in [6, 6.07) is 4.95. The molecule has 2 heterocycles. The molecule has 0 spiro atoms. The zero-order chi connectivity index (χ0) is 13.8.